The third kappa shape index (κ3) is 13.9. The second kappa shape index (κ2) is 24.0. The van der Waals surface area contributed by atoms with Crippen LogP contribution in [-0.4, -0.2) is 25.9 Å². The topological polar surface area (TPSA) is 0 Å². The van der Waals surface area contributed by atoms with E-state index in [1.807, 2.05) is 0 Å². The molecule has 0 aromatic heterocycles. The fourth-order valence-corrected chi connectivity index (χ4v) is 13.9. The maximum Gasteiger partial charge on any atom is 0.200 e. The SMILES string of the molecule is CCCC(C)C[PH2+]C.CCC[CH2][Al-]([CH2]CCC)([CH2]CCC)[CH2]CCC.Fc1c(F)c(F)c(-c2c(F)c(F)c(F)c(F)c2F)c(F)c1F. The summed E-state index contributed by atoms with van der Waals surface area (Å²) in [4.78, 5) is 0. The second-order valence-corrected chi connectivity index (χ2v) is 19.8. The Hall–Kier alpha value is -1.30. The van der Waals surface area contributed by atoms with Crippen LogP contribution in [0.1, 0.15) is 106 Å². The smallest absolute Gasteiger partial charge is 0.200 e. The zero-order chi connectivity index (χ0) is 36.3. The molecule has 272 valence electrons. The molecule has 0 nitrogen and oxygen atoms in total. The maximum atomic E-state index is 13.4. The molecule has 0 aliphatic rings. The quantitative estimate of drug-likeness (QED) is 0.0501. The number of rotatable bonds is 17. The minimum Gasteiger partial charge on any atom is -0.203 e. The van der Waals surface area contributed by atoms with E-state index in [9.17, 15) is 43.9 Å². The number of hydrogen-bond donors (Lipinski definition) is 0. The first kappa shape index (κ1) is 45.7. The molecule has 2 atom stereocenters. The fourth-order valence-electron chi connectivity index (χ4n) is 6.08. The Balaban J connectivity index is 0.000000751. The van der Waals surface area contributed by atoms with Gasteiger partial charge in [0.15, 0.2) is 46.5 Å². The van der Waals surface area contributed by atoms with Crippen molar-refractivity contribution in [2.45, 2.75) is 127 Å². The zero-order valence-electron chi connectivity index (χ0n) is 29.1. The summed E-state index contributed by atoms with van der Waals surface area (Å²) in [5, 5.41) is 6.62. The molecular weight excluding hydrogens is 668 g/mol. The molecule has 0 fully saturated rings. The summed E-state index contributed by atoms with van der Waals surface area (Å²) in [6, 6.07) is 0. The molecule has 0 spiro atoms. The minimum absolute atomic E-state index is 0.747. The van der Waals surface area contributed by atoms with Crippen LogP contribution in [0.4, 0.5) is 43.9 Å². The highest BCUT2D eigenvalue weighted by Gasteiger charge is 2.34. The summed E-state index contributed by atoms with van der Waals surface area (Å²) in [5.41, 5.74) is -4.52. The van der Waals surface area contributed by atoms with Crippen LogP contribution >= 0.6 is 8.58 Å². The molecule has 2 aromatic rings. The zero-order valence-corrected chi connectivity index (χ0v) is 31.4. The lowest BCUT2D eigenvalue weighted by atomic mass is 10.0. The largest absolute Gasteiger partial charge is 0.203 e. The Morgan fingerprint density at radius 3 is 0.915 bits per heavy atom. The van der Waals surface area contributed by atoms with Crippen molar-refractivity contribution in [1.29, 1.82) is 0 Å². The van der Waals surface area contributed by atoms with Gasteiger partial charge in [-0.25, -0.2) is 43.9 Å². The van der Waals surface area contributed by atoms with Crippen LogP contribution in [0, 0.1) is 64.1 Å². The molecule has 0 aliphatic heterocycles. The van der Waals surface area contributed by atoms with E-state index in [2.05, 4.69) is 48.2 Å². The lowest BCUT2D eigenvalue weighted by molar-refractivity contribution is 0.370. The van der Waals surface area contributed by atoms with Crippen molar-refractivity contribution in [1.82, 2.24) is 0 Å². The first-order valence-corrected chi connectivity index (χ1v) is 22.4. The standard InChI is InChI=1S/C12F10.C7H17P.4C4H9.Al/c13-3-1(4(14)8(18)11(21)7(3)17)2-5(15)9(19)12(22)10(20)6(2)16;1-4-5-7(2)6-8-3;4*1-3-4-2;/h;7-8H,4-6H2,1-3H3;4*1,3-4H2,2H3;/q;;;;;;-1/p+1. The molecule has 12 heteroatoms. The van der Waals surface area contributed by atoms with Gasteiger partial charge in [-0.3, -0.25) is 0 Å². The molecule has 0 heterocycles. The van der Waals surface area contributed by atoms with E-state index >= 15 is 0 Å². The van der Waals surface area contributed by atoms with E-state index in [4.69, 9.17) is 0 Å². The lowest BCUT2D eigenvalue weighted by Gasteiger charge is -2.36. The van der Waals surface area contributed by atoms with E-state index < -0.39 is 82.4 Å². The number of benzene rings is 2. The fraction of sp³-hybridized carbons (Fsp3) is 0.657. The molecule has 2 aromatic carbocycles. The third-order valence-electron chi connectivity index (χ3n) is 8.77. The van der Waals surface area contributed by atoms with Crippen LogP contribution in [-0.2, 0) is 0 Å². The summed E-state index contributed by atoms with van der Waals surface area (Å²) in [7, 11) is 0.747. The van der Waals surface area contributed by atoms with E-state index in [0.717, 1.165) is 14.5 Å². The highest BCUT2D eigenvalue weighted by molar-refractivity contribution is 7.36. The minimum atomic E-state index is -2.68. The van der Waals surface area contributed by atoms with Gasteiger partial charge < -0.3 is 0 Å². The van der Waals surface area contributed by atoms with Gasteiger partial charge in [0.25, 0.3) is 0 Å². The summed E-state index contributed by atoms with van der Waals surface area (Å²) in [5.74, 6) is -25.6. The van der Waals surface area contributed by atoms with Gasteiger partial charge in [-0.05, 0) is 20.9 Å². The summed E-state index contributed by atoms with van der Waals surface area (Å²) in [6.45, 7) is 16.4. The molecule has 0 aliphatic carbocycles. The van der Waals surface area contributed by atoms with Crippen LogP contribution in [0.5, 0.6) is 0 Å². The first-order chi connectivity index (χ1) is 22.2. The first-order valence-electron chi connectivity index (χ1n) is 17.2. The van der Waals surface area contributed by atoms with Crippen molar-refractivity contribution >= 4 is 21.7 Å². The number of unbranched alkanes of at least 4 members (excludes halogenated alkanes) is 4. The van der Waals surface area contributed by atoms with Gasteiger partial charge in [0, 0.05) is 6.66 Å². The molecule has 0 N–H and O–H groups in total. The molecule has 0 saturated carbocycles. The monoisotopic (exact) mass is 722 g/mol. The summed E-state index contributed by atoms with van der Waals surface area (Å²) >= 11 is -1.20. The van der Waals surface area contributed by atoms with Gasteiger partial charge in [0.1, 0.15) is 13.1 Å². The molecule has 0 amide bonds. The van der Waals surface area contributed by atoms with E-state index in [-0.39, 0.29) is 0 Å². The Kier molecular flexibility index (Phi) is 23.3. The predicted octanol–water partition coefficient (Wildman–Crippen LogP) is 13.8. The van der Waals surface area contributed by atoms with E-state index in [0.29, 0.717) is 0 Å². The van der Waals surface area contributed by atoms with Gasteiger partial charge >= 0.3 is 0 Å². The highest BCUT2D eigenvalue weighted by atomic mass is 31.1. The van der Waals surface area contributed by atoms with Crippen molar-refractivity contribution < 1.29 is 43.9 Å². The second-order valence-electron chi connectivity index (χ2n) is 12.7. The van der Waals surface area contributed by atoms with Crippen molar-refractivity contribution in [2.75, 3.05) is 12.8 Å². The molecule has 0 bridgehead atoms. The molecule has 47 heavy (non-hydrogen) atoms. The molecule has 0 saturated heterocycles. The summed E-state index contributed by atoms with van der Waals surface area (Å²) in [6.07, 6.45) is 16.0. The van der Waals surface area contributed by atoms with Gasteiger partial charge in [-0.15, -0.1) is 0 Å². The Bertz CT molecular complexity index is 1040. The van der Waals surface area contributed by atoms with Crippen molar-refractivity contribution in [2.24, 2.45) is 5.92 Å². The van der Waals surface area contributed by atoms with Crippen LogP contribution in [0.15, 0.2) is 0 Å². The normalized spacial score (nSPS) is 12.2. The van der Waals surface area contributed by atoms with E-state index in [1.165, 1.54) is 70.4 Å². The van der Waals surface area contributed by atoms with Crippen LogP contribution in [0.2, 0.25) is 21.1 Å². The van der Waals surface area contributed by atoms with Crippen LogP contribution < -0.4 is 0 Å². The average Bonchev–Trinajstić information content (AvgIpc) is 3.06. The van der Waals surface area contributed by atoms with Gasteiger partial charge in [0.05, 0.1) is 17.3 Å². The van der Waals surface area contributed by atoms with Gasteiger partial charge in [-0.1, -0.05) is 99.3 Å². The van der Waals surface area contributed by atoms with Crippen molar-refractivity contribution in [3.8, 4) is 11.1 Å². The predicted molar refractivity (Wildman–Crippen MR) is 181 cm³/mol. The number of hydrogen-bond acceptors (Lipinski definition) is 0. The Morgan fingerprint density at radius 1 is 0.447 bits per heavy atom. The maximum absolute atomic E-state index is 13.4. The molecule has 2 rings (SSSR count). The van der Waals surface area contributed by atoms with E-state index in [1.54, 1.807) is 21.1 Å². The highest BCUT2D eigenvalue weighted by Crippen LogP contribution is 2.37. The lowest BCUT2D eigenvalue weighted by Crippen LogP contribution is -2.33. The Labute approximate surface area is 280 Å². The van der Waals surface area contributed by atoms with Crippen molar-refractivity contribution in [3.63, 3.8) is 0 Å². The molecular formula is C35H54AlF10P. The molecule has 2 unspecified atom stereocenters. The summed E-state index contributed by atoms with van der Waals surface area (Å²) < 4.78 is 131. The van der Waals surface area contributed by atoms with Crippen molar-refractivity contribution in [3.05, 3.63) is 58.2 Å². The molecule has 0 radical (unpaired) electrons. The Morgan fingerprint density at radius 2 is 0.702 bits per heavy atom. The van der Waals surface area contributed by atoms with Crippen LogP contribution in [0.25, 0.3) is 11.1 Å². The van der Waals surface area contributed by atoms with Gasteiger partial charge in [0.2, 0.25) is 11.6 Å². The average molecular weight is 723 g/mol. The van der Waals surface area contributed by atoms with Gasteiger partial charge in [-0.2, -0.15) is 21.1 Å². The number of halogens is 10. The third-order valence-corrected chi connectivity index (χ3v) is 16.6. The van der Waals surface area contributed by atoms with Crippen LogP contribution in [0.3, 0.4) is 0 Å².